The predicted octanol–water partition coefficient (Wildman–Crippen LogP) is 0.887. The lowest BCUT2D eigenvalue weighted by atomic mass is 10.2. The Kier molecular flexibility index (Phi) is 2.78. The van der Waals surface area contributed by atoms with Crippen LogP contribution >= 0.6 is 0 Å². The first-order valence-electron chi connectivity index (χ1n) is 6.00. The molecule has 2 aromatic heterocycles. The minimum Gasteiger partial charge on any atom is -0.396 e. The number of nitrogens with zero attached hydrogens (tertiary/aromatic N) is 3. The largest absolute Gasteiger partial charge is 0.396 e. The molecule has 0 aliphatic carbocycles. The molecule has 1 aliphatic heterocycles. The SMILES string of the molecule is Nc1cn(C2CCS(=O)(=O)C2)nc1-c1cccnc1. The molecule has 0 saturated carbocycles. The monoisotopic (exact) mass is 278 g/mol. The van der Waals surface area contributed by atoms with Gasteiger partial charge in [-0.3, -0.25) is 9.67 Å². The van der Waals surface area contributed by atoms with Crippen molar-refractivity contribution in [1.82, 2.24) is 14.8 Å². The summed E-state index contributed by atoms with van der Waals surface area (Å²) in [5.74, 6) is 0.361. The van der Waals surface area contributed by atoms with Crippen molar-refractivity contribution in [2.45, 2.75) is 12.5 Å². The Morgan fingerprint density at radius 2 is 2.26 bits per heavy atom. The van der Waals surface area contributed by atoms with E-state index in [1.54, 1.807) is 23.3 Å². The molecule has 3 heterocycles. The summed E-state index contributed by atoms with van der Waals surface area (Å²) in [6, 6.07) is 3.58. The van der Waals surface area contributed by atoms with Crippen LogP contribution in [-0.2, 0) is 9.84 Å². The molecule has 1 fully saturated rings. The van der Waals surface area contributed by atoms with Crippen LogP contribution in [0.1, 0.15) is 12.5 Å². The Hall–Kier alpha value is -1.89. The maximum absolute atomic E-state index is 11.5. The molecular formula is C12H14N4O2S. The summed E-state index contributed by atoms with van der Waals surface area (Å²) < 4.78 is 24.7. The highest BCUT2D eigenvalue weighted by Gasteiger charge is 2.30. The summed E-state index contributed by atoms with van der Waals surface area (Å²) in [7, 11) is -2.93. The van der Waals surface area contributed by atoms with Gasteiger partial charge in [-0.25, -0.2) is 8.42 Å². The lowest BCUT2D eigenvalue weighted by molar-refractivity contribution is 0.501. The number of pyridine rings is 1. The van der Waals surface area contributed by atoms with Gasteiger partial charge in [-0.05, 0) is 18.6 Å². The van der Waals surface area contributed by atoms with Gasteiger partial charge in [0.2, 0.25) is 0 Å². The molecule has 0 bridgehead atoms. The van der Waals surface area contributed by atoms with Gasteiger partial charge in [-0.1, -0.05) is 0 Å². The minimum atomic E-state index is -2.93. The fraction of sp³-hybridized carbons (Fsp3) is 0.333. The van der Waals surface area contributed by atoms with Crippen LogP contribution in [0.3, 0.4) is 0 Å². The van der Waals surface area contributed by atoms with Gasteiger partial charge in [-0.15, -0.1) is 0 Å². The van der Waals surface area contributed by atoms with Crippen LogP contribution in [-0.4, -0.2) is 34.7 Å². The molecule has 0 radical (unpaired) electrons. The van der Waals surface area contributed by atoms with Crippen molar-refractivity contribution in [2.75, 3.05) is 17.2 Å². The van der Waals surface area contributed by atoms with Crippen LogP contribution in [0, 0.1) is 0 Å². The summed E-state index contributed by atoms with van der Waals surface area (Å²) in [6.45, 7) is 0. The van der Waals surface area contributed by atoms with Crippen molar-refractivity contribution < 1.29 is 8.42 Å². The highest BCUT2D eigenvalue weighted by molar-refractivity contribution is 7.91. The molecular weight excluding hydrogens is 264 g/mol. The molecule has 19 heavy (non-hydrogen) atoms. The number of sulfone groups is 1. The van der Waals surface area contributed by atoms with E-state index < -0.39 is 9.84 Å². The molecule has 1 aliphatic rings. The molecule has 0 spiro atoms. The third-order valence-electron chi connectivity index (χ3n) is 3.28. The zero-order valence-corrected chi connectivity index (χ0v) is 11.0. The first kappa shape index (κ1) is 12.2. The molecule has 100 valence electrons. The van der Waals surface area contributed by atoms with Crippen LogP contribution in [0.2, 0.25) is 0 Å². The second kappa shape index (κ2) is 4.34. The molecule has 1 saturated heterocycles. The lowest BCUT2D eigenvalue weighted by Gasteiger charge is -2.07. The smallest absolute Gasteiger partial charge is 0.152 e. The molecule has 7 heteroatoms. The number of rotatable bonds is 2. The maximum atomic E-state index is 11.5. The molecule has 0 amide bonds. The normalized spacial score (nSPS) is 21.6. The Labute approximate surface area is 111 Å². The van der Waals surface area contributed by atoms with Crippen LogP contribution in [0.4, 0.5) is 5.69 Å². The Balaban J connectivity index is 1.95. The highest BCUT2D eigenvalue weighted by atomic mass is 32.2. The summed E-state index contributed by atoms with van der Waals surface area (Å²) in [4.78, 5) is 4.03. The Bertz CT molecular complexity index is 694. The van der Waals surface area contributed by atoms with E-state index in [0.29, 0.717) is 17.8 Å². The number of nitrogen functional groups attached to an aromatic ring is 1. The van der Waals surface area contributed by atoms with E-state index in [0.717, 1.165) is 5.56 Å². The van der Waals surface area contributed by atoms with E-state index in [1.807, 2.05) is 12.1 Å². The molecule has 1 atom stereocenters. The van der Waals surface area contributed by atoms with Gasteiger partial charge in [-0.2, -0.15) is 5.10 Å². The van der Waals surface area contributed by atoms with Gasteiger partial charge >= 0.3 is 0 Å². The second-order valence-corrected chi connectivity index (χ2v) is 6.94. The van der Waals surface area contributed by atoms with E-state index in [9.17, 15) is 8.42 Å². The van der Waals surface area contributed by atoms with Crippen molar-refractivity contribution in [3.63, 3.8) is 0 Å². The minimum absolute atomic E-state index is 0.113. The van der Waals surface area contributed by atoms with Crippen molar-refractivity contribution in [3.05, 3.63) is 30.7 Å². The van der Waals surface area contributed by atoms with E-state index >= 15 is 0 Å². The molecule has 1 unspecified atom stereocenters. The first-order valence-corrected chi connectivity index (χ1v) is 7.83. The Morgan fingerprint density at radius 3 is 2.89 bits per heavy atom. The summed E-state index contributed by atoms with van der Waals surface area (Å²) >= 11 is 0. The van der Waals surface area contributed by atoms with Gasteiger partial charge in [0.25, 0.3) is 0 Å². The number of aromatic nitrogens is 3. The topological polar surface area (TPSA) is 90.9 Å². The second-order valence-electron chi connectivity index (χ2n) is 4.71. The van der Waals surface area contributed by atoms with Crippen molar-refractivity contribution >= 4 is 15.5 Å². The molecule has 2 aromatic rings. The average Bonchev–Trinajstić information content (AvgIpc) is 2.93. The summed E-state index contributed by atoms with van der Waals surface area (Å²) in [5, 5.41) is 4.41. The van der Waals surface area contributed by atoms with Gasteiger partial charge in [0.15, 0.2) is 9.84 Å². The zero-order chi connectivity index (χ0) is 13.5. The highest BCUT2D eigenvalue weighted by Crippen LogP contribution is 2.28. The van der Waals surface area contributed by atoms with Crippen LogP contribution in [0.5, 0.6) is 0 Å². The number of hydrogen-bond donors (Lipinski definition) is 1. The number of hydrogen-bond acceptors (Lipinski definition) is 5. The molecule has 6 nitrogen and oxygen atoms in total. The van der Waals surface area contributed by atoms with Gasteiger partial charge < -0.3 is 5.73 Å². The van der Waals surface area contributed by atoms with Crippen LogP contribution in [0.15, 0.2) is 30.7 Å². The van der Waals surface area contributed by atoms with Gasteiger partial charge in [0.05, 0.1) is 23.2 Å². The fourth-order valence-corrected chi connectivity index (χ4v) is 4.01. The summed E-state index contributed by atoms with van der Waals surface area (Å²) in [5.41, 5.74) is 7.97. The van der Waals surface area contributed by atoms with Crippen molar-refractivity contribution in [3.8, 4) is 11.3 Å². The number of nitrogens with two attached hydrogens (primary N) is 1. The van der Waals surface area contributed by atoms with Crippen molar-refractivity contribution in [2.24, 2.45) is 0 Å². The molecule has 3 rings (SSSR count). The third kappa shape index (κ3) is 2.33. The van der Waals surface area contributed by atoms with Crippen LogP contribution in [0.25, 0.3) is 11.3 Å². The predicted molar refractivity (Wildman–Crippen MR) is 72.2 cm³/mol. The molecule has 0 aromatic carbocycles. The van der Waals surface area contributed by atoms with E-state index in [4.69, 9.17) is 5.73 Å². The van der Waals surface area contributed by atoms with Crippen LogP contribution < -0.4 is 5.73 Å². The van der Waals surface area contributed by atoms with Gasteiger partial charge in [0.1, 0.15) is 5.69 Å². The third-order valence-corrected chi connectivity index (χ3v) is 5.03. The van der Waals surface area contributed by atoms with E-state index in [-0.39, 0.29) is 17.5 Å². The van der Waals surface area contributed by atoms with E-state index in [1.165, 1.54) is 0 Å². The molecule has 2 N–H and O–H groups in total. The maximum Gasteiger partial charge on any atom is 0.152 e. The summed E-state index contributed by atoms with van der Waals surface area (Å²) in [6.07, 6.45) is 5.67. The quantitative estimate of drug-likeness (QED) is 0.880. The van der Waals surface area contributed by atoms with Gasteiger partial charge in [0, 0.05) is 24.2 Å². The zero-order valence-electron chi connectivity index (χ0n) is 10.2. The fourth-order valence-electron chi connectivity index (χ4n) is 2.30. The number of anilines is 1. The lowest BCUT2D eigenvalue weighted by Crippen LogP contribution is -2.11. The first-order chi connectivity index (χ1) is 9.05. The average molecular weight is 278 g/mol. The standard InChI is InChI=1S/C12H14N4O2S/c13-11-7-16(10-3-5-19(17,18)8-10)15-12(11)9-2-1-4-14-6-9/h1-2,4,6-7,10H,3,5,8,13H2. The Morgan fingerprint density at radius 1 is 1.42 bits per heavy atom. The van der Waals surface area contributed by atoms with E-state index in [2.05, 4.69) is 10.1 Å². The van der Waals surface area contributed by atoms with Crippen molar-refractivity contribution in [1.29, 1.82) is 0 Å².